The number of halogens is 1. The highest BCUT2D eigenvalue weighted by Crippen LogP contribution is 2.25. The molecule has 0 aliphatic rings. The molecule has 0 saturated heterocycles. The Labute approximate surface area is 119 Å². The maximum Gasteiger partial charge on any atom is 0.175 e. The molecule has 18 heavy (non-hydrogen) atoms. The molecule has 0 aliphatic heterocycles. The highest BCUT2D eigenvalue weighted by molar-refractivity contribution is 9.10. The third kappa shape index (κ3) is 4.53. The number of hydrogen-bond donors (Lipinski definition) is 0. The van der Waals surface area contributed by atoms with Crippen LogP contribution in [0.2, 0.25) is 0 Å². The monoisotopic (exact) mass is 332 g/mol. The zero-order valence-electron chi connectivity index (χ0n) is 10.7. The molecule has 0 radical (unpaired) electrons. The van der Waals surface area contributed by atoms with Gasteiger partial charge in [-0.15, -0.1) is 0 Å². The molecule has 0 heterocycles. The van der Waals surface area contributed by atoms with Gasteiger partial charge in [0.1, 0.15) is 5.75 Å². The Hall–Kier alpha value is -0.680. The van der Waals surface area contributed by atoms with Crippen LogP contribution in [-0.2, 0) is 10.8 Å². The van der Waals surface area contributed by atoms with E-state index in [4.69, 9.17) is 4.74 Å². The van der Waals surface area contributed by atoms with Crippen molar-refractivity contribution in [1.29, 1.82) is 0 Å². The van der Waals surface area contributed by atoms with E-state index in [2.05, 4.69) is 15.9 Å². The minimum Gasteiger partial charge on any atom is -0.496 e. The number of hydrogen-bond acceptors (Lipinski definition) is 3. The maximum absolute atomic E-state index is 11.9. The molecule has 1 unspecified atom stereocenters. The second kappa shape index (κ2) is 7.04. The lowest BCUT2D eigenvalue weighted by molar-refractivity contribution is 0.102. The topological polar surface area (TPSA) is 43.4 Å². The van der Waals surface area contributed by atoms with Crippen LogP contribution in [0.25, 0.3) is 0 Å². The largest absolute Gasteiger partial charge is 0.496 e. The van der Waals surface area contributed by atoms with Crippen LogP contribution in [0.5, 0.6) is 5.75 Å². The Kier molecular flexibility index (Phi) is 6.02. The average Bonchev–Trinajstić information content (AvgIpc) is 2.27. The van der Waals surface area contributed by atoms with Gasteiger partial charge >= 0.3 is 0 Å². The van der Waals surface area contributed by atoms with E-state index in [1.54, 1.807) is 25.3 Å². The lowest BCUT2D eigenvalue weighted by Gasteiger charge is -2.07. The third-order valence-corrected chi connectivity index (χ3v) is 4.53. The number of ketones is 1. The SMILES string of the molecule is COc1ccc(C(=O)CS(=O)CC(C)C)cc1Br. The summed E-state index contributed by atoms with van der Waals surface area (Å²) >= 11 is 3.33. The zero-order valence-corrected chi connectivity index (χ0v) is 13.1. The van der Waals surface area contributed by atoms with Crippen LogP contribution >= 0.6 is 15.9 Å². The quantitative estimate of drug-likeness (QED) is 0.752. The van der Waals surface area contributed by atoms with Crippen molar-refractivity contribution in [2.75, 3.05) is 18.6 Å². The van der Waals surface area contributed by atoms with Crippen LogP contribution in [0.15, 0.2) is 22.7 Å². The molecule has 100 valence electrons. The van der Waals surface area contributed by atoms with Crippen LogP contribution in [0.1, 0.15) is 24.2 Å². The highest BCUT2D eigenvalue weighted by atomic mass is 79.9. The van der Waals surface area contributed by atoms with E-state index in [1.165, 1.54) is 0 Å². The standard InChI is InChI=1S/C13H17BrO3S/c1-9(2)7-18(16)8-12(15)10-4-5-13(17-3)11(14)6-10/h4-6,9H,7-8H2,1-3H3. The van der Waals surface area contributed by atoms with Crippen molar-refractivity contribution in [3.05, 3.63) is 28.2 Å². The number of methoxy groups -OCH3 is 1. The predicted molar refractivity (Wildman–Crippen MR) is 77.7 cm³/mol. The van der Waals surface area contributed by atoms with Crippen molar-refractivity contribution < 1.29 is 13.7 Å². The number of ether oxygens (including phenoxy) is 1. The molecule has 0 amide bonds. The summed E-state index contributed by atoms with van der Waals surface area (Å²) in [7, 11) is 0.478. The second-order valence-corrected chi connectivity index (χ2v) is 6.77. The van der Waals surface area contributed by atoms with E-state index < -0.39 is 10.8 Å². The van der Waals surface area contributed by atoms with Gasteiger partial charge < -0.3 is 4.74 Å². The first-order chi connectivity index (χ1) is 8.43. The number of carbonyl (C=O) groups is 1. The Balaban J connectivity index is 2.73. The van der Waals surface area contributed by atoms with Crippen molar-refractivity contribution in [2.24, 2.45) is 5.92 Å². The first kappa shape index (κ1) is 15.4. The molecule has 1 aromatic rings. The number of rotatable bonds is 6. The van der Waals surface area contributed by atoms with Gasteiger partial charge in [-0.05, 0) is 40.0 Å². The molecule has 0 fully saturated rings. The summed E-state index contributed by atoms with van der Waals surface area (Å²) in [4.78, 5) is 11.9. The van der Waals surface area contributed by atoms with Crippen molar-refractivity contribution in [1.82, 2.24) is 0 Å². The summed E-state index contributed by atoms with van der Waals surface area (Å²) in [5, 5.41) is 0. The predicted octanol–water partition coefficient (Wildman–Crippen LogP) is 3.05. The van der Waals surface area contributed by atoms with Crippen molar-refractivity contribution in [3.63, 3.8) is 0 Å². The van der Waals surface area contributed by atoms with Crippen LogP contribution in [0.4, 0.5) is 0 Å². The van der Waals surface area contributed by atoms with Gasteiger partial charge in [0.15, 0.2) is 5.78 Å². The van der Waals surface area contributed by atoms with Crippen LogP contribution in [-0.4, -0.2) is 28.6 Å². The summed E-state index contributed by atoms with van der Waals surface area (Å²) in [6.45, 7) is 3.98. The number of Topliss-reactive ketones (excluding diaryl/α,β-unsaturated/α-hetero) is 1. The summed E-state index contributed by atoms with van der Waals surface area (Å²) < 4.78 is 17.5. The summed E-state index contributed by atoms with van der Waals surface area (Å²) in [6.07, 6.45) is 0. The zero-order chi connectivity index (χ0) is 13.7. The fourth-order valence-electron chi connectivity index (χ4n) is 1.50. The molecule has 1 rings (SSSR count). The molecule has 0 aliphatic carbocycles. The lowest BCUT2D eigenvalue weighted by Crippen LogP contribution is -2.15. The Morgan fingerprint density at radius 2 is 2.11 bits per heavy atom. The van der Waals surface area contributed by atoms with E-state index in [9.17, 15) is 9.00 Å². The molecular formula is C13H17BrO3S. The Bertz CT molecular complexity index is 458. The number of benzene rings is 1. The van der Waals surface area contributed by atoms with Crippen LogP contribution in [0.3, 0.4) is 0 Å². The van der Waals surface area contributed by atoms with Crippen molar-refractivity contribution >= 4 is 32.5 Å². The second-order valence-electron chi connectivity index (χ2n) is 4.42. The van der Waals surface area contributed by atoms with Gasteiger partial charge in [-0.25, -0.2) is 0 Å². The normalized spacial score (nSPS) is 12.5. The molecular weight excluding hydrogens is 316 g/mol. The molecule has 1 atom stereocenters. The van der Waals surface area contributed by atoms with Crippen LogP contribution in [0, 0.1) is 5.92 Å². The van der Waals surface area contributed by atoms with Gasteiger partial charge in [0, 0.05) is 22.1 Å². The Morgan fingerprint density at radius 1 is 1.44 bits per heavy atom. The lowest BCUT2D eigenvalue weighted by atomic mass is 10.1. The van der Waals surface area contributed by atoms with Crippen molar-refractivity contribution in [2.45, 2.75) is 13.8 Å². The van der Waals surface area contributed by atoms with E-state index >= 15 is 0 Å². The number of carbonyl (C=O) groups excluding carboxylic acids is 1. The molecule has 0 N–H and O–H groups in total. The summed E-state index contributed by atoms with van der Waals surface area (Å²) in [6, 6.07) is 5.12. The minimum atomic E-state index is -1.09. The van der Waals surface area contributed by atoms with E-state index in [1.807, 2.05) is 13.8 Å². The fourth-order valence-corrected chi connectivity index (χ4v) is 3.36. The first-order valence-electron chi connectivity index (χ1n) is 5.65. The van der Waals surface area contributed by atoms with E-state index in [-0.39, 0.29) is 11.5 Å². The molecule has 0 aromatic heterocycles. The van der Waals surface area contributed by atoms with Gasteiger partial charge in [0.05, 0.1) is 17.3 Å². The van der Waals surface area contributed by atoms with E-state index in [0.29, 0.717) is 23.0 Å². The molecule has 0 spiro atoms. The average molecular weight is 333 g/mol. The Morgan fingerprint density at radius 3 is 2.61 bits per heavy atom. The van der Waals surface area contributed by atoms with Gasteiger partial charge in [0.25, 0.3) is 0 Å². The smallest absolute Gasteiger partial charge is 0.175 e. The molecule has 0 bridgehead atoms. The van der Waals surface area contributed by atoms with E-state index in [0.717, 1.165) is 4.47 Å². The summed E-state index contributed by atoms with van der Waals surface area (Å²) in [5.74, 6) is 1.55. The third-order valence-electron chi connectivity index (χ3n) is 2.29. The van der Waals surface area contributed by atoms with Crippen molar-refractivity contribution in [3.8, 4) is 5.75 Å². The first-order valence-corrected chi connectivity index (χ1v) is 7.94. The van der Waals surface area contributed by atoms with Crippen LogP contribution < -0.4 is 4.74 Å². The summed E-state index contributed by atoms with van der Waals surface area (Å²) in [5.41, 5.74) is 0.555. The van der Waals surface area contributed by atoms with Gasteiger partial charge in [0.2, 0.25) is 0 Å². The van der Waals surface area contributed by atoms with Gasteiger partial charge in [-0.1, -0.05) is 13.8 Å². The molecule has 0 saturated carbocycles. The van der Waals surface area contributed by atoms with Gasteiger partial charge in [-0.3, -0.25) is 9.00 Å². The highest BCUT2D eigenvalue weighted by Gasteiger charge is 2.13. The molecule has 1 aromatic carbocycles. The minimum absolute atomic E-state index is 0.0803. The molecule has 5 heteroatoms. The van der Waals surface area contributed by atoms with Gasteiger partial charge in [-0.2, -0.15) is 0 Å². The maximum atomic E-state index is 11.9. The molecule has 3 nitrogen and oxygen atoms in total. The fraction of sp³-hybridized carbons (Fsp3) is 0.462.